The molecule has 1 N–H and O–H groups in total. The SMILES string of the molecule is [B]c1nnn(Cc2cccc(F)c2)c1C(=O)O. The van der Waals surface area contributed by atoms with Crippen LogP contribution < -0.4 is 5.59 Å². The van der Waals surface area contributed by atoms with Crippen molar-refractivity contribution in [3.8, 4) is 0 Å². The predicted molar refractivity (Wildman–Crippen MR) is 57.9 cm³/mol. The number of carboxylic acid groups (broad SMARTS) is 1. The van der Waals surface area contributed by atoms with E-state index in [1.54, 1.807) is 6.07 Å². The van der Waals surface area contributed by atoms with Gasteiger partial charge in [-0.05, 0) is 17.7 Å². The average Bonchev–Trinajstić information content (AvgIpc) is 2.59. The van der Waals surface area contributed by atoms with Crippen molar-refractivity contribution >= 4 is 19.4 Å². The first kappa shape index (κ1) is 11.3. The van der Waals surface area contributed by atoms with E-state index in [0.29, 0.717) is 5.56 Å². The van der Waals surface area contributed by atoms with E-state index in [4.69, 9.17) is 13.0 Å². The lowest BCUT2D eigenvalue weighted by molar-refractivity contribution is 0.0685. The molecule has 2 aromatic rings. The van der Waals surface area contributed by atoms with Crippen LogP contribution in [0, 0.1) is 5.82 Å². The van der Waals surface area contributed by atoms with Gasteiger partial charge in [0.05, 0.1) is 6.54 Å². The van der Waals surface area contributed by atoms with E-state index >= 15 is 0 Å². The van der Waals surface area contributed by atoms with E-state index in [2.05, 4.69) is 10.3 Å². The van der Waals surface area contributed by atoms with Crippen LogP contribution in [0.3, 0.4) is 0 Å². The second kappa shape index (κ2) is 4.36. The number of nitrogens with zero attached hydrogens (tertiary/aromatic N) is 3. The minimum absolute atomic E-state index is 0.101. The third kappa shape index (κ3) is 2.33. The largest absolute Gasteiger partial charge is 0.476 e. The van der Waals surface area contributed by atoms with E-state index in [-0.39, 0.29) is 17.8 Å². The smallest absolute Gasteiger partial charge is 0.355 e. The standard InChI is InChI=1S/C10H7BFN3O2/c11-9-8(10(16)17)15(14-13-9)5-6-2-1-3-7(12)4-6/h1-4H,5H2,(H,16,17). The number of carboxylic acids is 1. The van der Waals surface area contributed by atoms with Crippen molar-refractivity contribution in [2.75, 3.05) is 0 Å². The summed E-state index contributed by atoms with van der Waals surface area (Å²) >= 11 is 0. The topological polar surface area (TPSA) is 68.0 Å². The van der Waals surface area contributed by atoms with E-state index in [1.165, 1.54) is 18.2 Å². The first-order valence-electron chi connectivity index (χ1n) is 4.74. The Balaban J connectivity index is 2.33. The van der Waals surface area contributed by atoms with E-state index < -0.39 is 11.8 Å². The van der Waals surface area contributed by atoms with Gasteiger partial charge in [0.1, 0.15) is 13.7 Å². The van der Waals surface area contributed by atoms with Crippen molar-refractivity contribution < 1.29 is 14.3 Å². The van der Waals surface area contributed by atoms with Gasteiger partial charge in [-0.1, -0.05) is 17.3 Å². The molecule has 2 rings (SSSR count). The zero-order valence-corrected chi connectivity index (χ0v) is 8.67. The van der Waals surface area contributed by atoms with Gasteiger partial charge in [-0.15, -0.1) is 5.10 Å². The lowest BCUT2D eigenvalue weighted by Gasteiger charge is -2.04. The van der Waals surface area contributed by atoms with Gasteiger partial charge >= 0.3 is 5.97 Å². The maximum atomic E-state index is 12.9. The van der Waals surface area contributed by atoms with Gasteiger partial charge in [-0.25, -0.2) is 13.9 Å². The fraction of sp³-hybridized carbons (Fsp3) is 0.100. The summed E-state index contributed by atoms with van der Waals surface area (Å²) in [5.41, 5.74) is 0.223. The molecule has 1 aromatic carbocycles. The van der Waals surface area contributed by atoms with Crippen LogP contribution in [-0.4, -0.2) is 33.9 Å². The van der Waals surface area contributed by atoms with Crippen LogP contribution >= 0.6 is 0 Å². The summed E-state index contributed by atoms with van der Waals surface area (Å²) in [5, 5.41) is 16.0. The fourth-order valence-corrected chi connectivity index (χ4v) is 1.47. The molecule has 0 spiro atoms. The molecular formula is C10H7BFN3O2. The number of hydrogen-bond donors (Lipinski definition) is 1. The third-order valence-corrected chi connectivity index (χ3v) is 2.19. The minimum Gasteiger partial charge on any atom is -0.476 e. The Morgan fingerprint density at radius 3 is 2.94 bits per heavy atom. The molecule has 1 aromatic heterocycles. The molecule has 0 fully saturated rings. The highest BCUT2D eigenvalue weighted by Gasteiger charge is 2.15. The van der Waals surface area contributed by atoms with Crippen LogP contribution in [0.4, 0.5) is 4.39 Å². The summed E-state index contributed by atoms with van der Waals surface area (Å²) in [6, 6.07) is 5.79. The Kier molecular flexibility index (Phi) is 2.90. The van der Waals surface area contributed by atoms with Crippen LogP contribution in [0.15, 0.2) is 24.3 Å². The first-order valence-corrected chi connectivity index (χ1v) is 4.74. The van der Waals surface area contributed by atoms with Gasteiger partial charge in [-0.2, -0.15) is 0 Å². The van der Waals surface area contributed by atoms with Crippen LogP contribution in [0.5, 0.6) is 0 Å². The number of aromatic nitrogens is 3. The number of benzene rings is 1. The quantitative estimate of drug-likeness (QED) is 0.752. The van der Waals surface area contributed by atoms with Crippen molar-refractivity contribution in [1.29, 1.82) is 0 Å². The Labute approximate surface area is 97.3 Å². The molecule has 2 radical (unpaired) electrons. The van der Waals surface area contributed by atoms with Crippen LogP contribution in [0.2, 0.25) is 0 Å². The maximum Gasteiger partial charge on any atom is 0.355 e. The lowest BCUT2D eigenvalue weighted by Crippen LogP contribution is -2.19. The van der Waals surface area contributed by atoms with Gasteiger partial charge in [0, 0.05) is 5.59 Å². The molecule has 17 heavy (non-hydrogen) atoms. The molecule has 0 aliphatic heterocycles. The molecule has 7 heteroatoms. The summed E-state index contributed by atoms with van der Waals surface area (Å²) in [5.74, 6) is -1.61. The van der Waals surface area contributed by atoms with Crippen molar-refractivity contribution in [3.05, 3.63) is 41.3 Å². The van der Waals surface area contributed by atoms with Crippen LogP contribution in [-0.2, 0) is 6.54 Å². The molecular weight excluding hydrogens is 224 g/mol. The predicted octanol–water partition coefficient (Wildman–Crippen LogP) is -0.0425. The lowest BCUT2D eigenvalue weighted by atomic mass is 10.0. The Bertz CT molecular complexity index is 570. The maximum absolute atomic E-state index is 12.9. The molecule has 0 amide bonds. The molecule has 0 aliphatic carbocycles. The molecule has 1 heterocycles. The van der Waals surface area contributed by atoms with Gasteiger partial charge < -0.3 is 5.11 Å². The Hall–Kier alpha value is -2.18. The van der Waals surface area contributed by atoms with Gasteiger partial charge in [0.15, 0.2) is 5.69 Å². The monoisotopic (exact) mass is 231 g/mol. The summed E-state index contributed by atoms with van der Waals surface area (Å²) in [7, 11) is 5.38. The summed E-state index contributed by atoms with van der Waals surface area (Å²) in [4.78, 5) is 10.9. The fourth-order valence-electron chi connectivity index (χ4n) is 1.47. The second-order valence-electron chi connectivity index (χ2n) is 3.42. The highest BCUT2D eigenvalue weighted by atomic mass is 19.1. The molecule has 84 valence electrons. The Morgan fingerprint density at radius 2 is 2.29 bits per heavy atom. The Morgan fingerprint density at radius 1 is 1.53 bits per heavy atom. The molecule has 0 atom stereocenters. The zero-order valence-electron chi connectivity index (χ0n) is 8.67. The molecule has 0 saturated heterocycles. The number of hydrogen-bond acceptors (Lipinski definition) is 3. The molecule has 0 unspecified atom stereocenters. The van der Waals surface area contributed by atoms with Crippen molar-refractivity contribution in [2.45, 2.75) is 6.54 Å². The number of carbonyl (C=O) groups is 1. The molecule has 0 bridgehead atoms. The second-order valence-corrected chi connectivity index (χ2v) is 3.42. The third-order valence-electron chi connectivity index (χ3n) is 2.19. The summed E-state index contributed by atoms with van der Waals surface area (Å²) < 4.78 is 14.1. The van der Waals surface area contributed by atoms with Crippen LogP contribution in [0.1, 0.15) is 16.1 Å². The van der Waals surface area contributed by atoms with Crippen molar-refractivity contribution in [3.63, 3.8) is 0 Å². The molecule has 0 saturated carbocycles. The highest BCUT2D eigenvalue weighted by molar-refractivity contribution is 6.34. The van der Waals surface area contributed by atoms with Crippen molar-refractivity contribution in [2.24, 2.45) is 0 Å². The van der Waals surface area contributed by atoms with E-state index in [9.17, 15) is 9.18 Å². The highest BCUT2D eigenvalue weighted by Crippen LogP contribution is 2.06. The van der Waals surface area contributed by atoms with Gasteiger partial charge in [0.2, 0.25) is 0 Å². The minimum atomic E-state index is -1.22. The average molecular weight is 231 g/mol. The van der Waals surface area contributed by atoms with E-state index in [1.807, 2.05) is 0 Å². The number of rotatable bonds is 3. The van der Waals surface area contributed by atoms with Gasteiger partial charge in [-0.3, -0.25) is 0 Å². The molecule has 5 nitrogen and oxygen atoms in total. The summed E-state index contributed by atoms with van der Waals surface area (Å²) in [6.45, 7) is 0.101. The molecule has 0 aliphatic rings. The van der Waals surface area contributed by atoms with E-state index in [0.717, 1.165) is 4.68 Å². The normalized spacial score (nSPS) is 10.4. The first-order chi connectivity index (χ1) is 8.08. The number of halogens is 1. The van der Waals surface area contributed by atoms with Crippen LogP contribution in [0.25, 0.3) is 0 Å². The summed E-state index contributed by atoms with van der Waals surface area (Å²) in [6.07, 6.45) is 0. The zero-order chi connectivity index (χ0) is 12.4. The van der Waals surface area contributed by atoms with Crippen molar-refractivity contribution in [1.82, 2.24) is 15.0 Å². The number of aromatic carboxylic acids is 1. The van der Waals surface area contributed by atoms with Gasteiger partial charge in [0.25, 0.3) is 0 Å².